The summed E-state index contributed by atoms with van der Waals surface area (Å²) < 4.78 is 19.8. The van der Waals surface area contributed by atoms with Gasteiger partial charge in [0.1, 0.15) is 11.6 Å². The Morgan fingerprint density at radius 3 is 3.05 bits per heavy atom. The minimum atomic E-state index is -0.226. The summed E-state index contributed by atoms with van der Waals surface area (Å²) in [5.74, 6) is 0.616. The number of fused-ring (bicyclic) bond motifs is 1. The van der Waals surface area contributed by atoms with Crippen molar-refractivity contribution in [1.29, 1.82) is 0 Å². The van der Waals surface area contributed by atoms with Crippen molar-refractivity contribution in [3.05, 3.63) is 45.4 Å². The minimum Gasteiger partial charge on any atom is -0.360 e. The summed E-state index contributed by atoms with van der Waals surface area (Å²) in [7, 11) is 0. The molecule has 116 valence electrons. The van der Waals surface area contributed by atoms with Gasteiger partial charge in [0.25, 0.3) is 0 Å². The standard InChI is InChI=1S/C15H15BrFN3O2/c1-9-6-14(19-22-9)18-15(21)8-20-5-4-10-11(7-20)13(17)3-2-12(10)16/h2-3,6H,4-5,7-8H2,1H3,(H,18,19,21). The molecule has 1 amide bonds. The van der Waals surface area contributed by atoms with Crippen LogP contribution in [0.1, 0.15) is 16.9 Å². The predicted molar refractivity (Wildman–Crippen MR) is 83.0 cm³/mol. The molecule has 0 unspecified atom stereocenters. The van der Waals surface area contributed by atoms with Crippen LogP contribution in [-0.2, 0) is 17.8 Å². The van der Waals surface area contributed by atoms with Crippen LogP contribution < -0.4 is 5.32 Å². The molecule has 0 saturated carbocycles. The topological polar surface area (TPSA) is 58.4 Å². The second kappa shape index (κ2) is 6.18. The maximum absolute atomic E-state index is 13.9. The molecule has 2 aromatic rings. The zero-order chi connectivity index (χ0) is 15.7. The Bertz CT molecular complexity index is 717. The zero-order valence-electron chi connectivity index (χ0n) is 12.0. The van der Waals surface area contributed by atoms with Crippen molar-refractivity contribution in [2.75, 3.05) is 18.4 Å². The van der Waals surface area contributed by atoms with Crippen LogP contribution in [0.25, 0.3) is 0 Å². The number of nitrogens with zero attached hydrogens (tertiary/aromatic N) is 2. The third-order valence-corrected chi connectivity index (χ3v) is 4.38. The number of carbonyl (C=O) groups excluding carboxylic acids is 1. The molecule has 0 atom stereocenters. The molecule has 0 radical (unpaired) electrons. The van der Waals surface area contributed by atoms with Gasteiger partial charge in [0, 0.05) is 29.2 Å². The highest BCUT2D eigenvalue weighted by molar-refractivity contribution is 9.10. The Balaban J connectivity index is 1.65. The number of benzene rings is 1. The number of aryl methyl sites for hydroxylation is 1. The van der Waals surface area contributed by atoms with Crippen LogP contribution in [0.4, 0.5) is 10.2 Å². The van der Waals surface area contributed by atoms with Crippen LogP contribution in [0.3, 0.4) is 0 Å². The fourth-order valence-corrected chi connectivity index (χ4v) is 3.17. The number of anilines is 1. The molecule has 5 nitrogen and oxygen atoms in total. The highest BCUT2D eigenvalue weighted by Gasteiger charge is 2.23. The van der Waals surface area contributed by atoms with Crippen molar-refractivity contribution < 1.29 is 13.7 Å². The van der Waals surface area contributed by atoms with Gasteiger partial charge in [-0.15, -0.1) is 0 Å². The van der Waals surface area contributed by atoms with Gasteiger partial charge in [-0.3, -0.25) is 9.69 Å². The van der Waals surface area contributed by atoms with E-state index in [2.05, 4.69) is 26.4 Å². The molecule has 0 bridgehead atoms. The molecule has 1 aromatic heterocycles. The third-order valence-electron chi connectivity index (χ3n) is 3.64. The molecule has 0 saturated heterocycles. The van der Waals surface area contributed by atoms with Crippen molar-refractivity contribution in [2.24, 2.45) is 0 Å². The molecule has 7 heteroatoms. The quantitative estimate of drug-likeness (QED) is 0.905. The average molecular weight is 368 g/mol. The zero-order valence-corrected chi connectivity index (χ0v) is 13.6. The van der Waals surface area contributed by atoms with Crippen molar-refractivity contribution in [2.45, 2.75) is 19.9 Å². The van der Waals surface area contributed by atoms with E-state index in [-0.39, 0.29) is 18.3 Å². The Labute approximate surface area is 135 Å². The summed E-state index contributed by atoms with van der Waals surface area (Å²) in [6, 6.07) is 4.83. The number of rotatable bonds is 3. The molecule has 1 aromatic carbocycles. The van der Waals surface area contributed by atoms with Gasteiger partial charge in [-0.25, -0.2) is 4.39 Å². The van der Waals surface area contributed by atoms with Gasteiger partial charge in [-0.05, 0) is 31.0 Å². The van der Waals surface area contributed by atoms with E-state index in [1.165, 1.54) is 6.07 Å². The lowest BCUT2D eigenvalue weighted by Gasteiger charge is -2.28. The van der Waals surface area contributed by atoms with Crippen LogP contribution in [0.5, 0.6) is 0 Å². The van der Waals surface area contributed by atoms with Crippen molar-refractivity contribution in [1.82, 2.24) is 10.1 Å². The summed E-state index contributed by atoms with van der Waals surface area (Å²) in [6.07, 6.45) is 0.712. The molecule has 0 fully saturated rings. The molecular weight excluding hydrogens is 353 g/mol. The molecule has 0 aliphatic carbocycles. The fourth-order valence-electron chi connectivity index (χ4n) is 2.60. The van der Waals surface area contributed by atoms with Crippen LogP contribution in [0.2, 0.25) is 0 Å². The maximum atomic E-state index is 13.9. The first-order valence-corrected chi connectivity index (χ1v) is 7.73. The fraction of sp³-hybridized carbons (Fsp3) is 0.333. The largest absolute Gasteiger partial charge is 0.360 e. The van der Waals surface area contributed by atoms with Gasteiger partial charge in [0.2, 0.25) is 5.91 Å². The van der Waals surface area contributed by atoms with E-state index >= 15 is 0 Å². The van der Waals surface area contributed by atoms with Gasteiger partial charge >= 0.3 is 0 Å². The highest BCUT2D eigenvalue weighted by Crippen LogP contribution is 2.28. The minimum absolute atomic E-state index is 0.188. The molecule has 1 aliphatic rings. The summed E-state index contributed by atoms with van der Waals surface area (Å²) in [5.41, 5.74) is 1.65. The molecule has 0 spiro atoms. The second-order valence-electron chi connectivity index (χ2n) is 5.32. The molecular formula is C15H15BrFN3O2. The van der Waals surface area contributed by atoms with E-state index in [0.717, 1.165) is 10.0 Å². The normalized spacial score (nSPS) is 14.7. The second-order valence-corrected chi connectivity index (χ2v) is 6.17. The van der Waals surface area contributed by atoms with Crippen molar-refractivity contribution in [3.8, 4) is 0 Å². The highest BCUT2D eigenvalue weighted by atomic mass is 79.9. The number of aromatic nitrogens is 1. The number of nitrogens with one attached hydrogen (secondary N) is 1. The Hall–Kier alpha value is -1.73. The monoisotopic (exact) mass is 367 g/mol. The smallest absolute Gasteiger partial charge is 0.239 e. The number of hydrogen-bond acceptors (Lipinski definition) is 4. The Morgan fingerprint density at radius 1 is 1.50 bits per heavy atom. The summed E-state index contributed by atoms with van der Waals surface area (Å²) >= 11 is 3.45. The summed E-state index contributed by atoms with van der Waals surface area (Å²) in [6.45, 7) is 3.08. The SMILES string of the molecule is Cc1cc(NC(=O)CN2CCc3c(Br)ccc(F)c3C2)no1. The van der Waals surface area contributed by atoms with Crippen molar-refractivity contribution >= 4 is 27.7 Å². The van der Waals surface area contributed by atoms with Gasteiger partial charge in [0.15, 0.2) is 5.82 Å². The molecule has 1 N–H and O–H groups in total. The first-order valence-electron chi connectivity index (χ1n) is 6.94. The number of halogens is 2. The van der Waals surface area contributed by atoms with E-state index in [9.17, 15) is 9.18 Å². The molecule has 2 heterocycles. The lowest BCUT2D eigenvalue weighted by atomic mass is 9.99. The summed E-state index contributed by atoms with van der Waals surface area (Å²) in [4.78, 5) is 13.9. The van der Waals surface area contributed by atoms with Gasteiger partial charge in [0.05, 0.1) is 6.54 Å². The predicted octanol–water partition coefficient (Wildman–Crippen LogP) is 2.88. The number of amides is 1. The van der Waals surface area contributed by atoms with E-state index in [1.54, 1.807) is 19.1 Å². The Kier molecular flexibility index (Phi) is 4.26. The van der Waals surface area contributed by atoms with E-state index < -0.39 is 0 Å². The summed E-state index contributed by atoms with van der Waals surface area (Å²) in [5, 5.41) is 6.39. The molecule has 1 aliphatic heterocycles. The average Bonchev–Trinajstić information content (AvgIpc) is 2.88. The molecule has 3 rings (SSSR count). The van der Waals surface area contributed by atoms with E-state index in [0.29, 0.717) is 36.7 Å². The van der Waals surface area contributed by atoms with E-state index in [1.807, 2.05) is 4.90 Å². The first kappa shape index (κ1) is 15.2. The van der Waals surface area contributed by atoms with Gasteiger partial charge in [-0.1, -0.05) is 21.1 Å². The van der Waals surface area contributed by atoms with Crippen LogP contribution in [0.15, 0.2) is 27.2 Å². The maximum Gasteiger partial charge on any atom is 0.239 e. The van der Waals surface area contributed by atoms with E-state index in [4.69, 9.17) is 4.52 Å². The van der Waals surface area contributed by atoms with Crippen LogP contribution in [-0.4, -0.2) is 29.1 Å². The number of carbonyl (C=O) groups is 1. The lowest BCUT2D eigenvalue weighted by molar-refractivity contribution is -0.117. The third kappa shape index (κ3) is 3.20. The van der Waals surface area contributed by atoms with Crippen LogP contribution in [0, 0.1) is 12.7 Å². The van der Waals surface area contributed by atoms with Crippen LogP contribution >= 0.6 is 15.9 Å². The van der Waals surface area contributed by atoms with Gasteiger partial charge < -0.3 is 9.84 Å². The van der Waals surface area contributed by atoms with Crippen molar-refractivity contribution in [3.63, 3.8) is 0 Å². The molecule has 22 heavy (non-hydrogen) atoms. The first-order chi connectivity index (χ1) is 10.5. The number of hydrogen-bond donors (Lipinski definition) is 1. The van der Waals surface area contributed by atoms with Gasteiger partial charge in [-0.2, -0.15) is 0 Å². The Morgan fingerprint density at radius 2 is 2.32 bits per heavy atom. The lowest BCUT2D eigenvalue weighted by Crippen LogP contribution is -2.37.